The third-order valence-corrected chi connectivity index (χ3v) is 3.13. The second kappa shape index (κ2) is 5.01. The first kappa shape index (κ1) is 14.1. The number of carbonyl (C=O) groups is 2. The van der Waals surface area contributed by atoms with Crippen LogP contribution in [0.2, 0.25) is 0 Å². The highest BCUT2D eigenvalue weighted by Crippen LogP contribution is 2.27. The number of hydrogen-bond acceptors (Lipinski definition) is 4. The van der Waals surface area contributed by atoms with Gasteiger partial charge in [-0.2, -0.15) is 0 Å². The normalized spacial score (nSPS) is 16.8. The van der Waals surface area contributed by atoms with E-state index < -0.39 is 11.4 Å². The van der Waals surface area contributed by atoms with E-state index in [4.69, 9.17) is 5.21 Å². The van der Waals surface area contributed by atoms with Gasteiger partial charge in [0.2, 0.25) is 5.91 Å². The van der Waals surface area contributed by atoms with E-state index in [0.29, 0.717) is 17.3 Å². The second-order valence-corrected chi connectivity index (χ2v) is 5.41. The molecule has 7 heteroatoms. The lowest BCUT2D eigenvalue weighted by Gasteiger charge is -2.19. The Hall–Kier alpha value is -2.28. The van der Waals surface area contributed by atoms with Crippen molar-refractivity contribution in [3.63, 3.8) is 0 Å². The molecule has 0 saturated carbocycles. The lowest BCUT2D eigenvalue weighted by molar-refractivity contribution is -0.125. The van der Waals surface area contributed by atoms with Gasteiger partial charge in [0.05, 0.1) is 17.6 Å². The van der Waals surface area contributed by atoms with Crippen LogP contribution in [0.5, 0.6) is 0 Å². The standard InChI is InChI=1S/C13H18N4O3/c1-13(2)8-17(15-11(13)18)10-6-4-9(5-7-10)14-12(19)16(3)20/h4-7,20H,8H2,1-3H3,(H,14,19)(H,15,18). The highest BCUT2D eigenvalue weighted by molar-refractivity contribution is 5.89. The van der Waals surface area contributed by atoms with Crippen LogP contribution in [-0.2, 0) is 4.79 Å². The minimum Gasteiger partial charge on any atom is -0.306 e. The Bertz CT molecular complexity index is 525. The average molecular weight is 278 g/mol. The van der Waals surface area contributed by atoms with Crippen LogP contribution in [0, 0.1) is 5.41 Å². The summed E-state index contributed by atoms with van der Waals surface area (Å²) in [6.45, 7) is 4.35. The molecule has 0 aliphatic carbocycles. The molecule has 0 unspecified atom stereocenters. The number of hydrazine groups is 1. The molecule has 0 bridgehead atoms. The molecule has 3 N–H and O–H groups in total. The molecule has 2 rings (SSSR count). The number of nitrogens with one attached hydrogen (secondary N) is 2. The van der Waals surface area contributed by atoms with Crippen LogP contribution in [0.15, 0.2) is 24.3 Å². The Morgan fingerprint density at radius 3 is 2.45 bits per heavy atom. The molecule has 20 heavy (non-hydrogen) atoms. The van der Waals surface area contributed by atoms with E-state index in [1.54, 1.807) is 29.3 Å². The lowest BCUT2D eigenvalue weighted by Crippen LogP contribution is -2.33. The Morgan fingerprint density at radius 1 is 1.40 bits per heavy atom. The van der Waals surface area contributed by atoms with Gasteiger partial charge in [-0.15, -0.1) is 0 Å². The van der Waals surface area contributed by atoms with Gasteiger partial charge < -0.3 is 5.32 Å². The first-order valence-electron chi connectivity index (χ1n) is 6.22. The molecular weight excluding hydrogens is 260 g/mol. The minimum atomic E-state index is -0.617. The number of anilines is 2. The number of benzene rings is 1. The molecule has 1 aliphatic heterocycles. The summed E-state index contributed by atoms with van der Waals surface area (Å²) in [6.07, 6.45) is 0. The van der Waals surface area contributed by atoms with Crippen molar-refractivity contribution in [2.75, 3.05) is 23.9 Å². The molecule has 1 aromatic rings. The van der Waals surface area contributed by atoms with Crippen molar-refractivity contribution >= 4 is 23.3 Å². The monoisotopic (exact) mass is 278 g/mol. The summed E-state index contributed by atoms with van der Waals surface area (Å²) in [4.78, 5) is 23.0. The van der Waals surface area contributed by atoms with Crippen molar-refractivity contribution < 1.29 is 14.8 Å². The van der Waals surface area contributed by atoms with Crippen molar-refractivity contribution in [3.05, 3.63) is 24.3 Å². The van der Waals surface area contributed by atoms with E-state index in [-0.39, 0.29) is 5.91 Å². The number of amides is 3. The van der Waals surface area contributed by atoms with E-state index in [9.17, 15) is 9.59 Å². The second-order valence-electron chi connectivity index (χ2n) is 5.41. The molecule has 1 aliphatic rings. The van der Waals surface area contributed by atoms with Crippen LogP contribution in [0.1, 0.15) is 13.8 Å². The summed E-state index contributed by atoms with van der Waals surface area (Å²) in [5, 5.41) is 13.7. The smallest absolute Gasteiger partial charge is 0.306 e. The van der Waals surface area contributed by atoms with E-state index in [1.807, 2.05) is 13.8 Å². The molecule has 1 aromatic carbocycles. The maximum Gasteiger partial charge on any atom is 0.345 e. The average Bonchev–Trinajstić information content (AvgIpc) is 2.64. The Morgan fingerprint density at radius 2 is 2.00 bits per heavy atom. The molecule has 108 valence electrons. The maximum absolute atomic E-state index is 11.7. The van der Waals surface area contributed by atoms with Gasteiger partial charge in [-0.3, -0.25) is 20.4 Å². The number of hydroxylamine groups is 2. The quantitative estimate of drug-likeness (QED) is 0.564. The summed E-state index contributed by atoms with van der Waals surface area (Å²) in [6, 6.07) is 6.36. The van der Waals surface area contributed by atoms with E-state index >= 15 is 0 Å². The van der Waals surface area contributed by atoms with E-state index in [1.165, 1.54) is 7.05 Å². The van der Waals surface area contributed by atoms with Gasteiger partial charge in [0.1, 0.15) is 0 Å². The fourth-order valence-corrected chi connectivity index (χ4v) is 1.87. The van der Waals surface area contributed by atoms with Crippen LogP contribution in [-0.4, -0.2) is 35.8 Å². The van der Waals surface area contributed by atoms with Crippen LogP contribution in [0.3, 0.4) is 0 Å². The van der Waals surface area contributed by atoms with E-state index in [2.05, 4.69) is 10.7 Å². The summed E-state index contributed by atoms with van der Waals surface area (Å²) >= 11 is 0. The molecule has 0 spiro atoms. The zero-order valence-corrected chi connectivity index (χ0v) is 11.7. The van der Waals surface area contributed by atoms with Crippen LogP contribution in [0.4, 0.5) is 16.2 Å². The number of urea groups is 1. The minimum absolute atomic E-state index is 0.0169. The summed E-state index contributed by atoms with van der Waals surface area (Å²) in [5.74, 6) is -0.0169. The molecule has 1 saturated heterocycles. The van der Waals surface area contributed by atoms with Crippen molar-refractivity contribution in [2.24, 2.45) is 5.41 Å². The SMILES string of the molecule is CN(O)C(=O)Nc1ccc(N2CC(C)(C)C(=O)N2)cc1. The fraction of sp³-hybridized carbons (Fsp3) is 0.385. The Kier molecular flexibility index (Phi) is 3.54. The zero-order valence-electron chi connectivity index (χ0n) is 11.7. The van der Waals surface area contributed by atoms with Gasteiger partial charge in [0.25, 0.3) is 0 Å². The highest BCUT2D eigenvalue weighted by Gasteiger charge is 2.37. The van der Waals surface area contributed by atoms with Gasteiger partial charge >= 0.3 is 6.03 Å². The largest absolute Gasteiger partial charge is 0.345 e. The molecule has 3 amide bonds. The molecular formula is C13H18N4O3. The number of hydrogen-bond donors (Lipinski definition) is 3. The fourth-order valence-electron chi connectivity index (χ4n) is 1.87. The molecule has 1 heterocycles. The number of nitrogens with zero attached hydrogens (tertiary/aromatic N) is 2. The van der Waals surface area contributed by atoms with Crippen molar-refractivity contribution in [3.8, 4) is 0 Å². The lowest BCUT2D eigenvalue weighted by atomic mass is 9.94. The molecule has 0 atom stereocenters. The molecule has 1 fully saturated rings. The number of rotatable bonds is 2. The van der Waals surface area contributed by atoms with Gasteiger partial charge in [0, 0.05) is 12.7 Å². The topological polar surface area (TPSA) is 84.9 Å². The molecule has 0 aromatic heterocycles. The van der Waals surface area contributed by atoms with Gasteiger partial charge in [-0.05, 0) is 38.1 Å². The maximum atomic E-state index is 11.7. The summed E-state index contributed by atoms with van der Waals surface area (Å²) in [7, 11) is 1.24. The number of carbonyl (C=O) groups excluding carboxylic acids is 2. The van der Waals surface area contributed by atoms with Crippen molar-refractivity contribution in [1.82, 2.24) is 10.5 Å². The predicted molar refractivity (Wildman–Crippen MR) is 74.3 cm³/mol. The third-order valence-electron chi connectivity index (χ3n) is 3.13. The van der Waals surface area contributed by atoms with Crippen LogP contribution < -0.4 is 15.8 Å². The molecule has 0 radical (unpaired) electrons. The highest BCUT2D eigenvalue weighted by atomic mass is 16.5. The Balaban J connectivity index is 2.06. The molecule has 7 nitrogen and oxygen atoms in total. The van der Waals surface area contributed by atoms with Crippen LogP contribution >= 0.6 is 0 Å². The van der Waals surface area contributed by atoms with Crippen molar-refractivity contribution in [2.45, 2.75) is 13.8 Å². The summed E-state index contributed by atoms with van der Waals surface area (Å²) in [5.41, 5.74) is 3.77. The van der Waals surface area contributed by atoms with E-state index in [0.717, 1.165) is 5.69 Å². The van der Waals surface area contributed by atoms with Gasteiger partial charge in [-0.25, -0.2) is 9.86 Å². The van der Waals surface area contributed by atoms with Crippen molar-refractivity contribution in [1.29, 1.82) is 0 Å². The van der Waals surface area contributed by atoms with Gasteiger partial charge in [0.15, 0.2) is 0 Å². The predicted octanol–water partition coefficient (Wildman–Crippen LogP) is 1.42. The van der Waals surface area contributed by atoms with Crippen LogP contribution in [0.25, 0.3) is 0 Å². The zero-order chi connectivity index (χ0) is 14.9. The van der Waals surface area contributed by atoms with Gasteiger partial charge in [-0.1, -0.05) is 0 Å². The third kappa shape index (κ3) is 2.83. The first-order valence-corrected chi connectivity index (χ1v) is 6.22. The summed E-state index contributed by atoms with van der Waals surface area (Å²) < 4.78 is 0. The Labute approximate surface area is 117 Å². The first-order chi connectivity index (χ1) is 9.29.